The molecular weight excluding hydrogens is 301 g/mol. The van der Waals surface area contributed by atoms with E-state index in [2.05, 4.69) is 4.98 Å². The molecule has 0 saturated heterocycles. The minimum Gasteiger partial charge on any atom is -0.478 e. The Morgan fingerprint density at radius 1 is 1.30 bits per heavy atom. The van der Waals surface area contributed by atoms with E-state index in [0.717, 1.165) is 0 Å². The smallest absolute Gasteiger partial charge is 0.335 e. The number of thiazole rings is 1. The van der Waals surface area contributed by atoms with Crippen LogP contribution in [-0.2, 0) is 0 Å². The van der Waals surface area contributed by atoms with Gasteiger partial charge in [0.25, 0.3) is 0 Å². The Labute approximate surface area is 122 Å². The maximum atomic E-state index is 13.9. The lowest BCUT2D eigenvalue weighted by Crippen LogP contribution is -1.94. The Kier molecular flexibility index (Phi) is 3.16. The summed E-state index contributed by atoms with van der Waals surface area (Å²) in [5.74, 6) is -1.46. The van der Waals surface area contributed by atoms with Gasteiger partial charge in [0.05, 0.1) is 26.4 Å². The molecule has 6 heteroatoms. The molecule has 0 aliphatic heterocycles. The molecule has 0 radical (unpaired) electrons. The van der Waals surface area contributed by atoms with Gasteiger partial charge in [0.2, 0.25) is 0 Å². The van der Waals surface area contributed by atoms with Gasteiger partial charge in [0, 0.05) is 0 Å². The van der Waals surface area contributed by atoms with Crippen molar-refractivity contribution in [1.29, 1.82) is 0 Å². The van der Waals surface area contributed by atoms with E-state index in [-0.39, 0.29) is 16.1 Å². The predicted molar refractivity (Wildman–Crippen MR) is 77.0 cm³/mol. The second kappa shape index (κ2) is 4.85. The van der Waals surface area contributed by atoms with Gasteiger partial charge in [-0.3, -0.25) is 0 Å². The summed E-state index contributed by atoms with van der Waals surface area (Å²) < 4.78 is 14.5. The maximum Gasteiger partial charge on any atom is 0.335 e. The van der Waals surface area contributed by atoms with Crippen molar-refractivity contribution in [2.75, 3.05) is 0 Å². The molecular formula is C14H7ClFNO2S. The van der Waals surface area contributed by atoms with Gasteiger partial charge in [-0.1, -0.05) is 17.7 Å². The normalized spacial score (nSPS) is 10.9. The van der Waals surface area contributed by atoms with E-state index in [0.29, 0.717) is 15.2 Å². The molecule has 0 aliphatic rings. The first-order chi connectivity index (χ1) is 9.56. The summed E-state index contributed by atoms with van der Waals surface area (Å²) in [6.07, 6.45) is 0. The standard InChI is InChI=1S/C14H7ClFNO2S/c15-8-2-1-3-9(16)12(8)13-17-10-5-4-7(14(18)19)6-11(10)20-13/h1-6H,(H,18,19). The van der Waals surface area contributed by atoms with Crippen LogP contribution >= 0.6 is 22.9 Å². The minimum atomic E-state index is -1.01. The third-order valence-corrected chi connectivity index (χ3v) is 4.16. The summed E-state index contributed by atoms with van der Waals surface area (Å²) >= 11 is 7.22. The zero-order valence-corrected chi connectivity index (χ0v) is 11.5. The number of rotatable bonds is 2. The fraction of sp³-hybridized carbons (Fsp3) is 0. The topological polar surface area (TPSA) is 50.2 Å². The quantitative estimate of drug-likeness (QED) is 0.760. The summed E-state index contributed by atoms with van der Waals surface area (Å²) in [5.41, 5.74) is 1.04. The molecule has 0 saturated carbocycles. The SMILES string of the molecule is O=C(O)c1ccc2nc(-c3c(F)cccc3Cl)sc2c1. The van der Waals surface area contributed by atoms with Gasteiger partial charge in [-0.05, 0) is 30.3 Å². The van der Waals surface area contributed by atoms with Crippen LogP contribution in [0.5, 0.6) is 0 Å². The monoisotopic (exact) mass is 307 g/mol. The van der Waals surface area contributed by atoms with Crippen LogP contribution in [0.4, 0.5) is 4.39 Å². The van der Waals surface area contributed by atoms with Crippen molar-refractivity contribution in [3.8, 4) is 10.6 Å². The van der Waals surface area contributed by atoms with Crippen molar-refractivity contribution >= 4 is 39.1 Å². The van der Waals surface area contributed by atoms with E-state index in [1.54, 1.807) is 12.1 Å². The van der Waals surface area contributed by atoms with Crippen LogP contribution in [0.15, 0.2) is 36.4 Å². The van der Waals surface area contributed by atoms with E-state index in [4.69, 9.17) is 16.7 Å². The number of hydrogen-bond acceptors (Lipinski definition) is 3. The van der Waals surface area contributed by atoms with E-state index in [9.17, 15) is 9.18 Å². The summed E-state index contributed by atoms with van der Waals surface area (Å²) in [7, 11) is 0. The lowest BCUT2D eigenvalue weighted by molar-refractivity contribution is 0.0697. The van der Waals surface area contributed by atoms with Crippen LogP contribution in [0, 0.1) is 5.82 Å². The summed E-state index contributed by atoms with van der Waals surface area (Å²) in [6.45, 7) is 0. The van der Waals surface area contributed by atoms with Gasteiger partial charge in [-0.15, -0.1) is 11.3 Å². The molecule has 0 fully saturated rings. The molecule has 3 aromatic rings. The number of fused-ring (bicyclic) bond motifs is 1. The van der Waals surface area contributed by atoms with Crippen LogP contribution in [0.25, 0.3) is 20.8 Å². The van der Waals surface area contributed by atoms with Gasteiger partial charge < -0.3 is 5.11 Å². The van der Waals surface area contributed by atoms with E-state index < -0.39 is 11.8 Å². The molecule has 1 heterocycles. The predicted octanol–water partition coefficient (Wildman–Crippen LogP) is 4.45. The first-order valence-corrected chi connectivity index (χ1v) is 6.84. The number of hydrogen-bond donors (Lipinski definition) is 1. The van der Waals surface area contributed by atoms with Crippen LogP contribution in [0.1, 0.15) is 10.4 Å². The Hall–Kier alpha value is -1.98. The number of carbonyl (C=O) groups is 1. The molecule has 3 nitrogen and oxygen atoms in total. The molecule has 0 unspecified atom stereocenters. The molecule has 0 spiro atoms. The Morgan fingerprint density at radius 2 is 2.10 bits per heavy atom. The first kappa shape index (κ1) is 13.0. The molecule has 3 rings (SSSR count). The molecule has 0 atom stereocenters. The summed E-state index contributed by atoms with van der Waals surface area (Å²) in [5, 5.41) is 9.68. The molecule has 1 aromatic heterocycles. The molecule has 0 bridgehead atoms. The molecule has 20 heavy (non-hydrogen) atoms. The fourth-order valence-electron chi connectivity index (χ4n) is 1.87. The van der Waals surface area contributed by atoms with Crippen molar-refractivity contribution in [1.82, 2.24) is 4.98 Å². The summed E-state index contributed by atoms with van der Waals surface area (Å²) in [4.78, 5) is 15.2. The average molecular weight is 308 g/mol. The summed E-state index contributed by atoms with van der Waals surface area (Å²) in [6, 6.07) is 9.03. The number of benzene rings is 2. The van der Waals surface area contributed by atoms with E-state index in [1.807, 2.05) is 0 Å². The third kappa shape index (κ3) is 2.15. The molecule has 0 aliphatic carbocycles. The van der Waals surface area contributed by atoms with Crippen molar-refractivity contribution < 1.29 is 14.3 Å². The zero-order valence-electron chi connectivity index (χ0n) is 9.93. The molecule has 100 valence electrons. The van der Waals surface area contributed by atoms with Gasteiger partial charge in [-0.2, -0.15) is 0 Å². The molecule has 0 amide bonds. The average Bonchev–Trinajstić information content (AvgIpc) is 2.80. The van der Waals surface area contributed by atoms with Crippen LogP contribution in [0.2, 0.25) is 5.02 Å². The first-order valence-electron chi connectivity index (χ1n) is 5.64. The van der Waals surface area contributed by atoms with Crippen LogP contribution in [0.3, 0.4) is 0 Å². The Balaban J connectivity index is 2.21. The highest BCUT2D eigenvalue weighted by atomic mass is 35.5. The number of carboxylic acids is 1. The second-order valence-electron chi connectivity index (χ2n) is 4.10. The Morgan fingerprint density at radius 3 is 2.80 bits per heavy atom. The Bertz CT molecular complexity index is 811. The lowest BCUT2D eigenvalue weighted by Gasteiger charge is -2.00. The van der Waals surface area contributed by atoms with Crippen molar-refractivity contribution in [2.24, 2.45) is 0 Å². The maximum absolute atomic E-state index is 13.9. The zero-order chi connectivity index (χ0) is 14.3. The fourth-order valence-corrected chi connectivity index (χ4v) is 3.24. The van der Waals surface area contributed by atoms with Crippen LogP contribution < -0.4 is 0 Å². The van der Waals surface area contributed by atoms with Gasteiger partial charge in [0.1, 0.15) is 10.8 Å². The van der Waals surface area contributed by atoms with Gasteiger partial charge >= 0.3 is 5.97 Å². The van der Waals surface area contributed by atoms with Crippen LogP contribution in [-0.4, -0.2) is 16.1 Å². The number of halogens is 2. The lowest BCUT2D eigenvalue weighted by atomic mass is 10.2. The highest BCUT2D eigenvalue weighted by Gasteiger charge is 2.15. The number of carboxylic acid groups (broad SMARTS) is 1. The van der Waals surface area contributed by atoms with Gasteiger partial charge in [-0.25, -0.2) is 14.2 Å². The minimum absolute atomic E-state index is 0.173. The van der Waals surface area contributed by atoms with Crippen molar-refractivity contribution in [3.63, 3.8) is 0 Å². The third-order valence-electron chi connectivity index (χ3n) is 2.81. The van der Waals surface area contributed by atoms with E-state index >= 15 is 0 Å². The van der Waals surface area contributed by atoms with Crippen molar-refractivity contribution in [2.45, 2.75) is 0 Å². The number of aromatic nitrogens is 1. The molecule has 2 aromatic carbocycles. The highest BCUT2D eigenvalue weighted by Crippen LogP contribution is 2.36. The molecule has 1 N–H and O–H groups in total. The van der Waals surface area contributed by atoms with Crippen molar-refractivity contribution in [3.05, 3.63) is 52.8 Å². The second-order valence-corrected chi connectivity index (χ2v) is 5.54. The number of nitrogens with zero attached hydrogens (tertiary/aromatic N) is 1. The largest absolute Gasteiger partial charge is 0.478 e. The van der Waals surface area contributed by atoms with Gasteiger partial charge in [0.15, 0.2) is 0 Å². The highest BCUT2D eigenvalue weighted by molar-refractivity contribution is 7.21. The van der Waals surface area contributed by atoms with E-state index in [1.165, 1.54) is 35.6 Å². The number of aromatic carboxylic acids is 1.